The van der Waals surface area contributed by atoms with Gasteiger partial charge in [0.15, 0.2) is 0 Å². The molecular weight excluding hydrogens is 338 g/mol. The topological polar surface area (TPSA) is 22.0 Å². The summed E-state index contributed by atoms with van der Waals surface area (Å²) in [5.41, 5.74) is 3.94. The Labute approximate surface area is 136 Å². The molecule has 0 radical (unpaired) electrons. The number of hydrogen-bond donors (Lipinski definition) is 0. The lowest BCUT2D eigenvalue weighted by Gasteiger charge is -2.07. The molecule has 0 aliphatic rings. The Hall–Kier alpha value is -2.39. The SMILES string of the molecule is O=Cc1ccc2c3ccc(Br)cc3n(-c3ccccc3)c2c1. The number of benzene rings is 3. The van der Waals surface area contributed by atoms with Crippen LogP contribution in [0.3, 0.4) is 0 Å². The van der Waals surface area contributed by atoms with Crippen molar-refractivity contribution in [3.05, 3.63) is 76.8 Å². The summed E-state index contributed by atoms with van der Waals surface area (Å²) < 4.78 is 3.23. The minimum Gasteiger partial charge on any atom is -0.309 e. The molecule has 106 valence electrons. The summed E-state index contributed by atoms with van der Waals surface area (Å²) in [7, 11) is 0. The Morgan fingerprint density at radius 2 is 1.50 bits per heavy atom. The number of fused-ring (bicyclic) bond motifs is 3. The fourth-order valence-electron chi connectivity index (χ4n) is 2.94. The molecule has 4 aromatic rings. The number of rotatable bonds is 2. The van der Waals surface area contributed by atoms with Gasteiger partial charge in [0, 0.05) is 26.5 Å². The lowest BCUT2D eigenvalue weighted by molar-refractivity contribution is 0.112. The fraction of sp³-hybridized carbons (Fsp3) is 0. The van der Waals surface area contributed by atoms with E-state index in [-0.39, 0.29) is 0 Å². The molecular formula is C19H12BrNO. The van der Waals surface area contributed by atoms with E-state index in [1.54, 1.807) is 0 Å². The second-order valence-electron chi connectivity index (χ2n) is 5.23. The molecule has 0 bridgehead atoms. The number of nitrogens with zero attached hydrogens (tertiary/aromatic N) is 1. The minimum atomic E-state index is 0.687. The number of carbonyl (C=O) groups excluding carboxylic acids is 1. The first-order valence-corrected chi connectivity index (χ1v) is 7.81. The van der Waals surface area contributed by atoms with Crippen molar-refractivity contribution >= 4 is 44.0 Å². The minimum absolute atomic E-state index is 0.687. The summed E-state index contributed by atoms with van der Waals surface area (Å²) in [5, 5.41) is 2.33. The monoisotopic (exact) mass is 349 g/mol. The van der Waals surface area contributed by atoms with Gasteiger partial charge < -0.3 is 4.57 Å². The Bertz CT molecular complexity index is 1000. The molecule has 0 amide bonds. The maximum atomic E-state index is 11.2. The van der Waals surface area contributed by atoms with Crippen LogP contribution >= 0.6 is 15.9 Å². The zero-order valence-electron chi connectivity index (χ0n) is 11.7. The average Bonchev–Trinajstić information content (AvgIpc) is 2.88. The lowest BCUT2D eigenvalue weighted by atomic mass is 10.1. The normalized spacial score (nSPS) is 11.1. The molecule has 0 fully saturated rings. The van der Waals surface area contributed by atoms with Crippen molar-refractivity contribution in [1.29, 1.82) is 0 Å². The number of aldehydes is 1. The van der Waals surface area contributed by atoms with E-state index < -0.39 is 0 Å². The van der Waals surface area contributed by atoms with Crippen molar-refractivity contribution < 1.29 is 4.79 Å². The summed E-state index contributed by atoms with van der Waals surface area (Å²) in [5.74, 6) is 0. The Morgan fingerprint density at radius 3 is 2.23 bits per heavy atom. The highest BCUT2D eigenvalue weighted by Gasteiger charge is 2.12. The van der Waals surface area contributed by atoms with Crippen LogP contribution in [-0.4, -0.2) is 10.9 Å². The predicted octanol–water partition coefficient (Wildman–Crippen LogP) is 5.36. The largest absolute Gasteiger partial charge is 0.309 e. The van der Waals surface area contributed by atoms with Crippen LogP contribution in [0.4, 0.5) is 0 Å². The maximum absolute atomic E-state index is 11.2. The van der Waals surface area contributed by atoms with Crippen LogP contribution in [0, 0.1) is 0 Å². The van der Waals surface area contributed by atoms with Crippen molar-refractivity contribution in [2.24, 2.45) is 0 Å². The fourth-order valence-corrected chi connectivity index (χ4v) is 3.29. The summed E-state index contributed by atoms with van der Waals surface area (Å²) >= 11 is 3.56. The second kappa shape index (κ2) is 5.11. The summed E-state index contributed by atoms with van der Waals surface area (Å²) in [6, 6.07) is 22.3. The van der Waals surface area contributed by atoms with Crippen LogP contribution in [-0.2, 0) is 0 Å². The van der Waals surface area contributed by atoms with Gasteiger partial charge in [0.05, 0.1) is 11.0 Å². The lowest BCUT2D eigenvalue weighted by Crippen LogP contribution is -1.93. The number of carbonyl (C=O) groups is 1. The molecule has 22 heavy (non-hydrogen) atoms. The van der Waals surface area contributed by atoms with Gasteiger partial charge in [-0.3, -0.25) is 4.79 Å². The third kappa shape index (κ3) is 1.97. The number of halogens is 1. The van der Waals surface area contributed by atoms with Crippen LogP contribution in [0.2, 0.25) is 0 Å². The summed E-state index contributed by atoms with van der Waals surface area (Å²) in [4.78, 5) is 11.2. The van der Waals surface area contributed by atoms with E-state index in [4.69, 9.17) is 0 Å². The van der Waals surface area contributed by atoms with Crippen molar-refractivity contribution in [2.75, 3.05) is 0 Å². The quantitative estimate of drug-likeness (QED) is 0.446. The molecule has 0 aliphatic carbocycles. The molecule has 0 unspecified atom stereocenters. The van der Waals surface area contributed by atoms with Gasteiger partial charge in [-0.2, -0.15) is 0 Å². The predicted molar refractivity (Wildman–Crippen MR) is 93.9 cm³/mol. The van der Waals surface area contributed by atoms with Crippen molar-refractivity contribution in [3.63, 3.8) is 0 Å². The Balaban J connectivity index is 2.22. The zero-order valence-corrected chi connectivity index (χ0v) is 13.2. The van der Waals surface area contributed by atoms with Gasteiger partial charge in [-0.15, -0.1) is 0 Å². The van der Waals surface area contributed by atoms with Crippen molar-refractivity contribution in [2.45, 2.75) is 0 Å². The molecule has 2 nitrogen and oxygen atoms in total. The smallest absolute Gasteiger partial charge is 0.150 e. The Morgan fingerprint density at radius 1 is 0.818 bits per heavy atom. The van der Waals surface area contributed by atoms with Gasteiger partial charge >= 0.3 is 0 Å². The second-order valence-corrected chi connectivity index (χ2v) is 6.14. The number of hydrogen-bond acceptors (Lipinski definition) is 1. The van der Waals surface area contributed by atoms with E-state index in [0.717, 1.165) is 32.9 Å². The van der Waals surface area contributed by atoms with Gasteiger partial charge in [-0.05, 0) is 30.3 Å². The molecule has 0 saturated heterocycles. The first-order chi connectivity index (χ1) is 10.8. The standard InChI is InChI=1S/C19H12BrNO/c20-14-7-9-17-16-8-6-13(12-22)10-18(16)21(19(17)11-14)15-4-2-1-3-5-15/h1-12H. The van der Waals surface area contributed by atoms with E-state index in [9.17, 15) is 4.79 Å². The van der Waals surface area contributed by atoms with E-state index in [2.05, 4.69) is 44.8 Å². The van der Waals surface area contributed by atoms with Crippen molar-refractivity contribution in [3.8, 4) is 5.69 Å². The molecule has 0 saturated carbocycles. The van der Waals surface area contributed by atoms with Crippen LogP contribution in [0.25, 0.3) is 27.5 Å². The molecule has 0 N–H and O–H groups in total. The van der Waals surface area contributed by atoms with Crippen LogP contribution in [0.15, 0.2) is 71.2 Å². The van der Waals surface area contributed by atoms with Crippen LogP contribution in [0.5, 0.6) is 0 Å². The maximum Gasteiger partial charge on any atom is 0.150 e. The van der Waals surface area contributed by atoms with Gasteiger partial charge in [-0.1, -0.05) is 52.3 Å². The van der Waals surface area contributed by atoms with Crippen molar-refractivity contribution in [1.82, 2.24) is 4.57 Å². The highest BCUT2D eigenvalue weighted by atomic mass is 79.9. The third-order valence-electron chi connectivity index (χ3n) is 3.90. The molecule has 3 aromatic carbocycles. The molecule has 3 heteroatoms. The highest BCUT2D eigenvalue weighted by Crippen LogP contribution is 2.33. The molecule has 4 rings (SSSR count). The third-order valence-corrected chi connectivity index (χ3v) is 4.40. The van der Waals surface area contributed by atoms with E-state index in [1.165, 1.54) is 5.39 Å². The summed E-state index contributed by atoms with van der Waals surface area (Å²) in [6.07, 6.45) is 0.891. The molecule has 0 aliphatic heterocycles. The highest BCUT2D eigenvalue weighted by molar-refractivity contribution is 9.10. The number of para-hydroxylation sites is 1. The van der Waals surface area contributed by atoms with Gasteiger partial charge in [-0.25, -0.2) is 0 Å². The van der Waals surface area contributed by atoms with E-state index in [1.807, 2.05) is 42.5 Å². The summed E-state index contributed by atoms with van der Waals surface area (Å²) in [6.45, 7) is 0. The van der Waals surface area contributed by atoms with E-state index >= 15 is 0 Å². The van der Waals surface area contributed by atoms with E-state index in [0.29, 0.717) is 5.56 Å². The Kier molecular flexibility index (Phi) is 3.09. The first kappa shape index (κ1) is 13.3. The molecule has 0 spiro atoms. The van der Waals surface area contributed by atoms with Gasteiger partial charge in [0.2, 0.25) is 0 Å². The van der Waals surface area contributed by atoms with Crippen LogP contribution in [0.1, 0.15) is 10.4 Å². The first-order valence-electron chi connectivity index (χ1n) is 7.02. The van der Waals surface area contributed by atoms with Crippen LogP contribution < -0.4 is 0 Å². The molecule has 1 heterocycles. The van der Waals surface area contributed by atoms with Gasteiger partial charge in [0.25, 0.3) is 0 Å². The average molecular weight is 350 g/mol. The zero-order chi connectivity index (χ0) is 15.1. The molecule has 1 aromatic heterocycles. The van der Waals surface area contributed by atoms with Gasteiger partial charge in [0.1, 0.15) is 6.29 Å². The molecule has 0 atom stereocenters. The number of aromatic nitrogens is 1.